The normalized spacial score (nSPS) is 13.5. The van der Waals surface area contributed by atoms with E-state index < -0.39 is 10.0 Å². The smallest absolute Gasteiger partial charge is 0.246 e. The lowest BCUT2D eigenvalue weighted by molar-refractivity contribution is 0.381. The molecule has 114 valence electrons. The van der Waals surface area contributed by atoms with Gasteiger partial charge in [0, 0.05) is 23.8 Å². The molecular weight excluding hydrogens is 344 g/mol. The fraction of sp³-hybridized carbons (Fsp3) is 0.538. The number of sulfonamides is 1. The quantitative estimate of drug-likeness (QED) is 0.787. The van der Waals surface area contributed by atoms with Gasteiger partial charge in [-0.1, -0.05) is 20.3 Å². The molecule has 1 atom stereocenters. The third-order valence-corrected chi connectivity index (χ3v) is 5.77. The van der Waals surface area contributed by atoms with Gasteiger partial charge in [-0.15, -0.1) is 0 Å². The molecule has 1 aromatic rings. The molecule has 0 saturated carbocycles. The maximum Gasteiger partial charge on any atom is 0.246 e. The topological polar surface area (TPSA) is 72.6 Å². The highest BCUT2D eigenvalue weighted by Gasteiger charge is 2.26. The van der Waals surface area contributed by atoms with Crippen molar-refractivity contribution in [3.63, 3.8) is 0 Å². The Morgan fingerprint density at radius 2 is 2.05 bits per heavy atom. The average molecular weight is 365 g/mol. The minimum Gasteiger partial charge on any atom is -0.495 e. The summed E-state index contributed by atoms with van der Waals surface area (Å²) in [5.74, 6) is 0.565. The van der Waals surface area contributed by atoms with Crippen LogP contribution in [0, 0.1) is 5.92 Å². The van der Waals surface area contributed by atoms with Crippen molar-refractivity contribution in [3.8, 4) is 5.75 Å². The average Bonchev–Trinajstić information content (AvgIpc) is 2.40. The zero-order valence-electron chi connectivity index (χ0n) is 12.2. The van der Waals surface area contributed by atoms with Crippen LogP contribution in [0.3, 0.4) is 0 Å². The minimum absolute atomic E-state index is 0.0894. The first-order valence-electron chi connectivity index (χ1n) is 6.33. The zero-order valence-corrected chi connectivity index (χ0v) is 14.6. The number of anilines is 1. The van der Waals surface area contributed by atoms with E-state index in [1.165, 1.54) is 17.5 Å². The van der Waals surface area contributed by atoms with Crippen LogP contribution in [0.2, 0.25) is 0 Å². The highest BCUT2D eigenvalue weighted by atomic mass is 79.9. The lowest BCUT2D eigenvalue weighted by Crippen LogP contribution is -2.31. The number of rotatable bonds is 6. The van der Waals surface area contributed by atoms with E-state index in [4.69, 9.17) is 10.5 Å². The second-order valence-corrected chi connectivity index (χ2v) is 7.69. The largest absolute Gasteiger partial charge is 0.495 e. The molecule has 2 N–H and O–H groups in total. The number of halogens is 1. The SMILES string of the molecule is CCC(C)CN(C)S(=O)(=O)c1cc(N)c(Br)cc1OC. The Hall–Kier alpha value is -0.790. The van der Waals surface area contributed by atoms with Gasteiger partial charge >= 0.3 is 0 Å². The molecule has 20 heavy (non-hydrogen) atoms. The van der Waals surface area contributed by atoms with Gasteiger partial charge in [-0.05, 0) is 34.0 Å². The summed E-state index contributed by atoms with van der Waals surface area (Å²) in [6.45, 7) is 4.50. The Morgan fingerprint density at radius 1 is 1.45 bits per heavy atom. The van der Waals surface area contributed by atoms with Gasteiger partial charge in [-0.2, -0.15) is 0 Å². The minimum atomic E-state index is -3.62. The fourth-order valence-electron chi connectivity index (χ4n) is 1.75. The zero-order chi connectivity index (χ0) is 15.5. The molecule has 0 aliphatic carbocycles. The predicted octanol–water partition coefficient (Wildman–Crippen LogP) is 2.71. The lowest BCUT2D eigenvalue weighted by atomic mass is 10.1. The molecule has 1 aromatic carbocycles. The van der Waals surface area contributed by atoms with E-state index in [0.717, 1.165) is 6.42 Å². The van der Waals surface area contributed by atoms with Crippen LogP contribution in [-0.4, -0.2) is 33.4 Å². The summed E-state index contributed by atoms with van der Waals surface area (Å²) in [6, 6.07) is 2.99. The van der Waals surface area contributed by atoms with Crippen LogP contribution in [-0.2, 0) is 10.0 Å². The summed E-state index contributed by atoms with van der Waals surface area (Å²) in [5, 5.41) is 0. The van der Waals surface area contributed by atoms with Crippen LogP contribution >= 0.6 is 15.9 Å². The predicted molar refractivity (Wildman–Crippen MR) is 84.4 cm³/mol. The van der Waals surface area contributed by atoms with E-state index in [0.29, 0.717) is 16.7 Å². The number of benzene rings is 1. The standard InChI is InChI=1S/C13H21BrN2O3S/c1-5-9(2)8-16(3)20(17,18)13-7-11(15)10(14)6-12(13)19-4/h6-7,9H,5,8,15H2,1-4H3. The molecule has 1 rings (SSSR count). The van der Waals surface area contributed by atoms with Crippen molar-refractivity contribution in [2.75, 3.05) is 26.4 Å². The Morgan fingerprint density at radius 3 is 2.55 bits per heavy atom. The van der Waals surface area contributed by atoms with Crippen molar-refractivity contribution in [3.05, 3.63) is 16.6 Å². The molecule has 0 spiro atoms. The number of methoxy groups -OCH3 is 1. The maximum atomic E-state index is 12.6. The monoisotopic (exact) mass is 364 g/mol. The van der Waals surface area contributed by atoms with Crippen LogP contribution in [0.25, 0.3) is 0 Å². The van der Waals surface area contributed by atoms with Gasteiger partial charge in [0.1, 0.15) is 10.6 Å². The van der Waals surface area contributed by atoms with Crippen LogP contribution in [0.15, 0.2) is 21.5 Å². The van der Waals surface area contributed by atoms with E-state index in [-0.39, 0.29) is 16.6 Å². The molecule has 0 aliphatic rings. The van der Waals surface area contributed by atoms with Gasteiger partial charge in [0.15, 0.2) is 0 Å². The molecule has 0 bridgehead atoms. The molecule has 0 aliphatic heterocycles. The van der Waals surface area contributed by atoms with E-state index in [1.54, 1.807) is 13.1 Å². The Labute approximate surface area is 129 Å². The molecule has 0 heterocycles. The summed E-state index contributed by atoms with van der Waals surface area (Å²) in [7, 11) is -0.614. The molecule has 0 fully saturated rings. The third-order valence-electron chi connectivity index (χ3n) is 3.24. The van der Waals surface area contributed by atoms with E-state index >= 15 is 0 Å². The highest BCUT2D eigenvalue weighted by molar-refractivity contribution is 9.10. The van der Waals surface area contributed by atoms with Crippen molar-refractivity contribution in [2.24, 2.45) is 5.92 Å². The van der Waals surface area contributed by atoms with Crippen molar-refractivity contribution in [1.29, 1.82) is 0 Å². The molecule has 1 unspecified atom stereocenters. The Balaban J connectivity index is 3.24. The first kappa shape index (κ1) is 17.3. The van der Waals surface area contributed by atoms with Gasteiger partial charge in [0.2, 0.25) is 10.0 Å². The number of hydrogen-bond donors (Lipinski definition) is 1. The van der Waals surface area contributed by atoms with Crippen molar-refractivity contribution >= 4 is 31.6 Å². The highest BCUT2D eigenvalue weighted by Crippen LogP contribution is 2.33. The molecule has 0 amide bonds. The second-order valence-electron chi connectivity index (χ2n) is 4.82. The van der Waals surface area contributed by atoms with Gasteiger partial charge < -0.3 is 10.5 Å². The number of hydrogen-bond acceptors (Lipinski definition) is 4. The Kier molecular flexibility index (Phi) is 5.85. The van der Waals surface area contributed by atoms with Gasteiger partial charge in [-0.3, -0.25) is 0 Å². The summed E-state index contributed by atoms with van der Waals surface area (Å²) in [4.78, 5) is 0.0894. The summed E-state index contributed by atoms with van der Waals surface area (Å²) < 4.78 is 32.3. The second kappa shape index (κ2) is 6.78. The fourth-order valence-corrected chi connectivity index (χ4v) is 3.53. The number of nitrogens with two attached hydrogens (primary N) is 1. The Bertz CT molecular complexity index is 575. The van der Waals surface area contributed by atoms with Gasteiger partial charge in [0.05, 0.1) is 7.11 Å². The van der Waals surface area contributed by atoms with E-state index in [9.17, 15) is 8.42 Å². The maximum absolute atomic E-state index is 12.6. The molecule has 0 radical (unpaired) electrons. The summed E-state index contributed by atoms with van der Waals surface area (Å²) >= 11 is 3.26. The van der Waals surface area contributed by atoms with Crippen molar-refractivity contribution < 1.29 is 13.2 Å². The van der Waals surface area contributed by atoms with E-state index in [2.05, 4.69) is 15.9 Å². The van der Waals surface area contributed by atoms with Crippen LogP contribution in [0.4, 0.5) is 5.69 Å². The van der Waals surface area contributed by atoms with Gasteiger partial charge in [-0.25, -0.2) is 12.7 Å². The van der Waals surface area contributed by atoms with Crippen LogP contribution < -0.4 is 10.5 Å². The molecule has 5 nitrogen and oxygen atoms in total. The summed E-state index contributed by atoms with van der Waals surface area (Å²) in [6.07, 6.45) is 0.916. The third kappa shape index (κ3) is 3.65. The van der Waals surface area contributed by atoms with E-state index in [1.807, 2.05) is 13.8 Å². The molecule has 7 heteroatoms. The van der Waals surface area contributed by atoms with Gasteiger partial charge in [0.25, 0.3) is 0 Å². The van der Waals surface area contributed by atoms with Crippen LogP contribution in [0.1, 0.15) is 20.3 Å². The number of nitrogen functional groups attached to an aromatic ring is 1. The van der Waals surface area contributed by atoms with Crippen LogP contribution in [0.5, 0.6) is 5.75 Å². The molecule has 0 saturated heterocycles. The molecular formula is C13H21BrN2O3S. The summed E-state index contributed by atoms with van der Waals surface area (Å²) in [5.41, 5.74) is 6.15. The first-order chi connectivity index (χ1) is 9.23. The first-order valence-corrected chi connectivity index (χ1v) is 8.56. The molecule has 0 aromatic heterocycles. The van der Waals surface area contributed by atoms with Crippen molar-refractivity contribution in [2.45, 2.75) is 25.2 Å². The number of nitrogens with zero attached hydrogens (tertiary/aromatic N) is 1. The number of ether oxygens (including phenoxy) is 1. The van der Waals surface area contributed by atoms with Crippen molar-refractivity contribution in [1.82, 2.24) is 4.31 Å². The lowest BCUT2D eigenvalue weighted by Gasteiger charge is -2.22.